The van der Waals surface area contributed by atoms with Gasteiger partial charge in [0.05, 0.1) is 22.3 Å². The summed E-state index contributed by atoms with van der Waals surface area (Å²) in [5.41, 5.74) is 1.08. The summed E-state index contributed by atoms with van der Waals surface area (Å²) >= 11 is 0. The van der Waals surface area contributed by atoms with E-state index in [2.05, 4.69) is 40.8 Å². The van der Waals surface area contributed by atoms with Gasteiger partial charge >= 0.3 is 0 Å². The zero-order chi connectivity index (χ0) is 17.8. The molecule has 136 valence electrons. The average Bonchev–Trinajstić information content (AvgIpc) is 2.96. The summed E-state index contributed by atoms with van der Waals surface area (Å²) in [4.78, 5) is 2.40. The molecule has 0 aliphatic carbocycles. The van der Waals surface area contributed by atoms with Gasteiger partial charge in [-0.3, -0.25) is 4.90 Å². The van der Waals surface area contributed by atoms with Crippen LogP contribution in [-0.2, 0) is 17.5 Å². The third-order valence-corrected chi connectivity index (χ3v) is 6.59. The lowest BCUT2D eigenvalue weighted by molar-refractivity contribution is 0.0928. The van der Waals surface area contributed by atoms with Crippen molar-refractivity contribution in [1.29, 1.82) is 0 Å². The highest BCUT2D eigenvalue weighted by molar-refractivity contribution is 7.84. The molecule has 1 aliphatic heterocycles. The van der Waals surface area contributed by atoms with E-state index >= 15 is 0 Å². The molecule has 1 heterocycles. The lowest BCUT2D eigenvalue weighted by atomic mass is 9.79. The second kappa shape index (κ2) is 8.09. The van der Waals surface area contributed by atoms with Crippen LogP contribution in [0.3, 0.4) is 0 Å². The van der Waals surface area contributed by atoms with E-state index in [-0.39, 0.29) is 22.8 Å². The van der Waals surface area contributed by atoms with E-state index in [4.69, 9.17) is 0 Å². The largest absolute Gasteiger partial charge is 0.396 e. The summed E-state index contributed by atoms with van der Waals surface area (Å²) in [6.07, 6.45) is 1.80. The predicted molar refractivity (Wildman–Crippen MR) is 101 cm³/mol. The lowest BCUT2D eigenvalue weighted by Crippen LogP contribution is -2.52. The van der Waals surface area contributed by atoms with Crippen LogP contribution < -0.4 is 4.72 Å². The Labute approximate surface area is 149 Å². The number of hydrogen-bond acceptors (Lipinski definition) is 3. The van der Waals surface area contributed by atoms with Crippen molar-refractivity contribution in [2.24, 2.45) is 5.41 Å². The fourth-order valence-electron chi connectivity index (χ4n) is 3.43. The van der Waals surface area contributed by atoms with E-state index in [0.29, 0.717) is 0 Å². The number of hydrogen-bond donors (Lipinski definition) is 2. The molecule has 0 bridgehead atoms. The van der Waals surface area contributed by atoms with Gasteiger partial charge in [-0.25, -0.2) is 8.93 Å². The van der Waals surface area contributed by atoms with Gasteiger partial charge in [-0.05, 0) is 45.7 Å². The average molecular weight is 353 g/mol. The Morgan fingerprint density at radius 1 is 1.33 bits per heavy atom. The molecule has 0 saturated carbocycles. The van der Waals surface area contributed by atoms with Gasteiger partial charge in [0.2, 0.25) is 0 Å². The molecule has 1 aromatic rings. The molecule has 3 unspecified atom stereocenters. The van der Waals surface area contributed by atoms with Crippen molar-refractivity contribution < 1.29 is 9.32 Å². The van der Waals surface area contributed by atoms with Crippen LogP contribution in [0, 0.1) is 5.41 Å². The molecule has 0 amide bonds. The van der Waals surface area contributed by atoms with Crippen LogP contribution >= 0.6 is 0 Å². The van der Waals surface area contributed by atoms with E-state index in [1.807, 2.05) is 26.8 Å². The number of nitrogens with one attached hydrogen (secondary N) is 1. The van der Waals surface area contributed by atoms with E-state index in [1.54, 1.807) is 0 Å². The standard InChI is InChI=1S/C19H32N2O2S/c1-5-17(20-24(23)18(2,3)4)19(15-22)11-12-21(14-19)13-16-9-7-6-8-10-16/h6-10,17,20,22H,5,11-15H2,1-4H3. The lowest BCUT2D eigenvalue weighted by Gasteiger charge is -2.37. The topological polar surface area (TPSA) is 52.6 Å². The SMILES string of the molecule is CCC(NS(=O)C(C)(C)C)C1(CO)CCN(Cc2ccccc2)C1. The van der Waals surface area contributed by atoms with Gasteiger partial charge < -0.3 is 5.11 Å². The maximum absolute atomic E-state index is 12.5. The third kappa shape index (κ3) is 4.66. The number of benzene rings is 1. The number of aliphatic hydroxyl groups excluding tert-OH is 1. The van der Waals surface area contributed by atoms with Gasteiger partial charge in [-0.1, -0.05) is 37.3 Å². The van der Waals surface area contributed by atoms with Crippen molar-refractivity contribution in [3.05, 3.63) is 35.9 Å². The highest BCUT2D eigenvalue weighted by Gasteiger charge is 2.44. The van der Waals surface area contributed by atoms with Gasteiger partial charge in [0, 0.05) is 24.5 Å². The first-order valence-electron chi connectivity index (χ1n) is 8.86. The zero-order valence-corrected chi connectivity index (χ0v) is 16.2. The van der Waals surface area contributed by atoms with Crippen molar-refractivity contribution in [3.8, 4) is 0 Å². The molecule has 4 nitrogen and oxygen atoms in total. The first kappa shape index (κ1) is 19.6. The van der Waals surface area contributed by atoms with Gasteiger partial charge in [0.1, 0.15) is 0 Å². The highest BCUT2D eigenvalue weighted by atomic mass is 32.2. The summed E-state index contributed by atoms with van der Waals surface area (Å²) in [7, 11) is -1.12. The molecule has 1 aliphatic rings. The highest BCUT2D eigenvalue weighted by Crippen LogP contribution is 2.36. The van der Waals surface area contributed by atoms with Crippen LogP contribution in [0.15, 0.2) is 30.3 Å². The molecule has 2 rings (SSSR count). The van der Waals surface area contributed by atoms with E-state index in [0.717, 1.165) is 32.5 Å². The summed E-state index contributed by atoms with van der Waals surface area (Å²) in [6.45, 7) is 10.9. The molecule has 1 aromatic carbocycles. The fraction of sp³-hybridized carbons (Fsp3) is 0.684. The van der Waals surface area contributed by atoms with Gasteiger partial charge in [0.25, 0.3) is 0 Å². The van der Waals surface area contributed by atoms with E-state index in [9.17, 15) is 9.32 Å². The van der Waals surface area contributed by atoms with Crippen molar-refractivity contribution >= 4 is 11.0 Å². The smallest absolute Gasteiger partial charge is 0.0972 e. The molecule has 1 saturated heterocycles. The number of likely N-dealkylation sites (tertiary alicyclic amines) is 1. The van der Waals surface area contributed by atoms with Crippen LogP contribution in [0.25, 0.3) is 0 Å². The zero-order valence-electron chi connectivity index (χ0n) is 15.4. The van der Waals surface area contributed by atoms with Crippen molar-refractivity contribution in [1.82, 2.24) is 9.62 Å². The first-order valence-corrected chi connectivity index (χ1v) is 10.0. The number of nitrogens with zero attached hydrogens (tertiary/aromatic N) is 1. The monoisotopic (exact) mass is 352 g/mol. The molecule has 1 fully saturated rings. The molecule has 2 N–H and O–H groups in total. The number of aliphatic hydroxyl groups is 1. The fourth-order valence-corrected chi connectivity index (χ4v) is 4.46. The Kier molecular flexibility index (Phi) is 6.59. The maximum atomic E-state index is 12.5. The van der Waals surface area contributed by atoms with Crippen LogP contribution in [0.1, 0.15) is 46.1 Å². The minimum atomic E-state index is -1.12. The van der Waals surface area contributed by atoms with E-state index < -0.39 is 11.0 Å². The van der Waals surface area contributed by atoms with Crippen LogP contribution in [0.2, 0.25) is 0 Å². The van der Waals surface area contributed by atoms with Crippen LogP contribution in [0.4, 0.5) is 0 Å². The van der Waals surface area contributed by atoms with Crippen LogP contribution in [0.5, 0.6) is 0 Å². The summed E-state index contributed by atoms with van der Waals surface area (Å²) in [5.74, 6) is 0. The van der Waals surface area contributed by atoms with Crippen LogP contribution in [-0.4, -0.2) is 44.7 Å². The third-order valence-electron chi connectivity index (χ3n) is 4.98. The quantitative estimate of drug-likeness (QED) is 0.793. The molecule has 0 aromatic heterocycles. The molecule has 3 atom stereocenters. The van der Waals surface area contributed by atoms with E-state index in [1.165, 1.54) is 5.56 Å². The van der Waals surface area contributed by atoms with Gasteiger partial charge in [-0.2, -0.15) is 0 Å². The predicted octanol–water partition coefficient (Wildman–Crippen LogP) is 2.70. The molecule has 5 heteroatoms. The first-order chi connectivity index (χ1) is 11.3. The Morgan fingerprint density at radius 3 is 2.54 bits per heavy atom. The van der Waals surface area contributed by atoms with Gasteiger partial charge in [-0.15, -0.1) is 0 Å². The minimum Gasteiger partial charge on any atom is -0.396 e. The Hall–Kier alpha value is -0.750. The Balaban J connectivity index is 2.06. The molecule has 0 radical (unpaired) electrons. The second-order valence-corrected chi connectivity index (χ2v) is 9.92. The normalized spacial score (nSPS) is 24.9. The molecule has 0 spiro atoms. The van der Waals surface area contributed by atoms with Gasteiger partial charge in [0.15, 0.2) is 0 Å². The number of rotatable bonds is 7. The molecular weight excluding hydrogens is 320 g/mol. The molecular formula is C19H32N2O2S. The summed E-state index contributed by atoms with van der Waals surface area (Å²) in [5, 5.41) is 10.2. The van der Waals surface area contributed by atoms with Crippen molar-refractivity contribution in [2.75, 3.05) is 19.7 Å². The Bertz CT molecular complexity index is 544. The second-order valence-electron chi connectivity index (χ2n) is 7.93. The van der Waals surface area contributed by atoms with Crippen molar-refractivity contribution in [3.63, 3.8) is 0 Å². The maximum Gasteiger partial charge on any atom is 0.0972 e. The Morgan fingerprint density at radius 2 is 2.00 bits per heavy atom. The minimum absolute atomic E-state index is 0.0586. The van der Waals surface area contributed by atoms with Crippen molar-refractivity contribution in [2.45, 2.75) is 57.9 Å². The summed E-state index contributed by atoms with van der Waals surface area (Å²) < 4.78 is 15.5. The molecule has 24 heavy (non-hydrogen) atoms. The summed E-state index contributed by atoms with van der Waals surface area (Å²) in [6, 6.07) is 10.5.